The maximum Gasteiger partial charge on any atom is 0.144 e. The van der Waals surface area contributed by atoms with Crippen molar-refractivity contribution >= 4 is 34.0 Å². The molecule has 1 fully saturated rings. The lowest BCUT2D eigenvalue weighted by Crippen LogP contribution is -2.36. The molecule has 0 unspecified atom stereocenters. The number of benzene rings is 2. The van der Waals surface area contributed by atoms with Crippen molar-refractivity contribution in [3.05, 3.63) is 65.4 Å². The van der Waals surface area contributed by atoms with Crippen LogP contribution in [-0.4, -0.2) is 53.3 Å². The van der Waals surface area contributed by atoms with E-state index in [0.717, 1.165) is 82.4 Å². The van der Waals surface area contributed by atoms with Crippen LogP contribution in [0, 0.1) is 0 Å². The molecule has 0 bridgehead atoms. The van der Waals surface area contributed by atoms with E-state index in [1.807, 2.05) is 30.3 Å². The predicted molar refractivity (Wildman–Crippen MR) is 129 cm³/mol. The molecule has 0 aliphatic carbocycles. The van der Waals surface area contributed by atoms with Crippen LogP contribution < -0.4 is 4.74 Å². The summed E-state index contributed by atoms with van der Waals surface area (Å²) < 4.78 is 10.8. The van der Waals surface area contributed by atoms with Crippen LogP contribution in [0.15, 0.2) is 58.9 Å². The Morgan fingerprint density at radius 1 is 1.06 bits per heavy atom. The van der Waals surface area contributed by atoms with Crippen LogP contribution in [0.2, 0.25) is 0 Å². The molecule has 3 heterocycles. The lowest BCUT2D eigenvalue weighted by molar-refractivity contribution is 0.0330. The number of hydrogen-bond donors (Lipinski definition) is 0. The standard InChI is InChI=1S/C24H24N4O2S2/c1-29-19-6-4-5-17(13-19)23-25-18(15-31-23)16-32-24-20-7-2-3-8-21(20)26-22(27-24)14-28-9-11-30-12-10-28/h2-8,13,15H,9-12,14,16H2,1H3. The van der Waals surface area contributed by atoms with Gasteiger partial charge in [-0.05, 0) is 18.2 Å². The summed E-state index contributed by atoms with van der Waals surface area (Å²) in [4.78, 5) is 16.9. The molecular formula is C24H24N4O2S2. The van der Waals surface area contributed by atoms with Crippen LogP contribution in [0.4, 0.5) is 0 Å². The van der Waals surface area contributed by atoms with Gasteiger partial charge in [0.1, 0.15) is 21.6 Å². The van der Waals surface area contributed by atoms with Crippen molar-refractivity contribution in [2.45, 2.75) is 17.3 Å². The van der Waals surface area contributed by atoms with Crippen molar-refractivity contribution in [3.8, 4) is 16.3 Å². The molecule has 4 aromatic rings. The van der Waals surface area contributed by atoms with Crippen molar-refractivity contribution in [2.75, 3.05) is 33.4 Å². The van der Waals surface area contributed by atoms with Crippen LogP contribution in [0.3, 0.4) is 0 Å². The summed E-state index contributed by atoms with van der Waals surface area (Å²) in [7, 11) is 1.68. The van der Waals surface area contributed by atoms with Gasteiger partial charge in [0.25, 0.3) is 0 Å². The van der Waals surface area contributed by atoms with E-state index < -0.39 is 0 Å². The number of rotatable bonds is 7. The Balaban J connectivity index is 1.35. The van der Waals surface area contributed by atoms with Gasteiger partial charge in [-0.25, -0.2) is 15.0 Å². The SMILES string of the molecule is COc1cccc(-c2nc(CSc3nc(CN4CCOCC4)nc4ccccc34)cs2)c1. The van der Waals surface area contributed by atoms with E-state index in [0.29, 0.717) is 0 Å². The molecule has 1 aliphatic rings. The number of fused-ring (bicyclic) bond motifs is 1. The lowest BCUT2D eigenvalue weighted by Gasteiger charge is -2.25. The first-order chi connectivity index (χ1) is 15.8. The largest absolute Gasteiger partial charge is 0.497 e. The fourth-order valence-corrected chi connectivity index (χ4v) is 5.49. The van der Waals surface area contributed by atoms with E-state index in [2.05, 4.69) is 28.5 Å². The number of nitrogens with zero attached hydrogens (tertiary/aromatic N) is 4. The number of thiazole rings is 1. The maximum absolute atomic E-state index is 5.47. The monoisotopic (exact) mass is 464 g/mol. The summed E-state index contributed by atoms with van der Waals surface area (Å²) in [6.07, 6.45) is 0. The summed E-state index contributed by atoms with van der Waals surface area (Å²) in [6, 6.07) is 16.3. The Kier molecular flexibility index (Phi) is 6.64. The normalized spacial score (nSPS) is 14.7. The zero-order chi connectivity index (χ0) is 21.8. The molecule has 5 rings (SSSR count). The van der Waals surface area contributed by atoms with E-state index in [1.165, 1.54) is 0 Å². The first-order valence-electron chi connectivity index (χ1n) is 10.6. The minimum atomic E-state index is 0.748. The summed E-state index contributed by atoms with van der Waals surface area (Å²) in [6.45, 7) is 4.14. The van der Waals surface area contributed by atoms with Crippen LogP contribution in [0.1, 0.15) is 11.5 Å². The third-order valence-electron chi connectivity index (χ3n) is 5.31. The average Bonchev–Trinajstić information content (AvgIpc) is 3.32. The number of methoxy groups -OCH3 is 1. The highest BCUT2D eigenvalue weighted by Crippen LogP contribution is 2.31. The molecule has 2 aromatic carbocycles. The molecule has 32 heavy (non-hydrogen) atoms. The molecular weight excluding hydrogens is 440 g/mol. The van der Waals surface area contributed by atoms with E-state index in [9.17, 15) is 0 Å². The van der Waals surface area contributed by atoms with Crippen molar-refractivity contribution in [1.82, 2.24) is 19.9 Å². The smallest absolute Gasteiger partial charge is 0.144 e. The number of thioether (sulfide) groups is 1. The van der Waals surface area contributed by atoms with Crippen LogP contribution in [0.25, 0.3) is 21.5 Å². The second-order valence-electron chi connectivity index (χ2n) is 7.52. The number of morpholine rings is 1. The minimum absolute atomic E-state index is 0.748. The lowest BCUT2D eigenvalue weighted by atomic mass is 10.2. The Labute approximate surface area is 195 Å². The van der Waals surface area contributed by atoms with Gasteiger partial charge >= 0.3 is 0 Å². The van der Waals surface area contributed by atoms with E-state index in [4.69, 9.17) is 24.4 Å². The summed E-state index contributed by atoms with van der Waals surface area (Å²) >= 11 is 3.38. The van der Waals surface area contributed by atoms with E-state index >= 15 is 0 Å². The Morgan fingerprint density at radius 3 is 2.81 bits per heavy atom. The fraction of sp³-hybridized carbons (Fsp3) is 0.292. The highest BCUT2D eigenvalue weighted by molar-refractivity contribution is 7.98. The Morgan fingerprint density at radius 2 is 1.94 bits per heavy atom. The molecule has 2 aromatic heterocycles. The van der Waals surface area contributed by atoms with Gasteiger partial charge in [0.2, 0.25) is 0 Å². The van der Waals surface area contributed by atoms with E-state index in [1.54, 1.807) is 30.2 Å². The molecule has 164 valence electrons. The van der Waals surface area contributed by atoms with Gasteiger partial charge in [-0.3, -0.25) is 4.90 Å². The molecule has 0 spiro atoms. The highest BCUT2D eigenvalue weighted by Gasteiger charge is 2.15. The van der Waals surface area contributed by atoms with Crippen molar-refractivity contribution in [2.24, 2.45) is 0 Å². The highest BCUT2D eigenvalue weighted by atomic mass is 32.2. The minimum Gasteiger partial charge on any atom is -0.497 e. The van der Waals surface area contributed by atoms with Gasteiger partial charge in [0.05, 0.1) is 38.1 Å². The van der Waals surface area contributed by atoms with Gasteiger partial charge in [-0.1, -0.05) is 42.1 Å². The van der Waals surface area contributed by atoms with Crippen LogP contribution in [-0.2, 0) is 17.0 Å². The topological polar surface area (TPSA) is 60.4 Å². The number of ether oxygens (including phenoxy) is 2. The molecule has 8 heteroatoms. The molecule has 1 aliphatic heterocycles. The second-order valence-corrected chi connectivity index (χ2v) is 9.34. The van der Waals surface area contributed by atoms with Gasteiger partial charge in [0, 0.05) is 35.2 Å². The van der Waals surface area contributed by atoms with Gasteiger partial charge in [0.15, 0.2) is 0 Å². The number of aromatic nitrogens is 3. The number of para-hydroxylation sites is 1. The first-order valence-corrected chi connectivity index (χ1v) is 12.4. The first kappa shape index (κ1) is 21.3. The van der Waals surface area contributed by atoms with E-state index in [-0.39, 0.29) is 0 Å². The maximum atomic E-state index is 5.47. The van der Waals surface area contributed by atoms with Crippen molar-refractivity contribution in [1.29, 1.82) is 0 Å². The summed E-state index contributed by atoms with van der Waals surface area (Å²) in [5.41, 5.74) is 3.12. The van der Waals surface area contributed by atoms with Gasteiger partial charge in [-0.15, -0.1) is 11.3 Å². The third kappa shape index (κ3) is 4.94. The predicted octanol–water partition coefficient (Wildman–Crippen LogP) is 4.89. The summed E-state index contributed by atoms with van der Waals surface area (Å²) in [5.74, 6) is 2.47. The molecule has 0 saturated carbocycles. The molecule has 0 amide bonds. The van der Waals surface area contributed by atoms with Crippen molar-refractivity contribution < 1.29 is 9.47 Å². The van der Waals surface area contributed by atoms with Crippen LogP contribution >= 0.6 is 23.1 Å². The van der Waals surface area contributed by atoms with Crippen molar-refractivity contribution in [3.63, 3.8) is 0 Å². The zero-order valence-corrected chi connectivity index (χ0v) is 19.5. The van der Waals surface area contributed by atoms with Crippen LogP contribution in [0.5, 0.6) is 5.75 Å². The molecule has 0 N–H and O–H groups in total. The summed E-state index contributed by atoms with van der Waals surface area (Å²) in [5, 5.41) is 5.22. The Hall–Kier alpha value is -2.52. The van der Waals surface area contributed by atoms with Gasteiger partial charge < -0.3 is 9.47 Å². The number of hydrogen-bond acceptors (Lipinski definition) is 8. The fourth-order valence-electron chi connectivity index (χ4n) is 3.64. The molecule has 1 saturated heterocycles. The zero-order valence-electron chi connectivity index (χ0n) is 17.9. The second kappa shape index (κ2) is 9.95. The quantitative estimate of drug-likeness (QED) is 0.285. The average molecular weight is 465 g/mol. The van der Waals surface area contributed by atoms with Gasteiger partial charge in [-0.2, -0.15) is 0 Å². The molecule has 0 radical (unpaired) electrons. The Bertz CT molecular complexity index is 1210. The third-order valence-corrected chi connectivity index (χ3v) is 7.27. The molecule has 6 nitrogen and oxygen atoms in total. The molecule has 0 atom stereocenters.